The fraction of sp³-hybridized carbons (Fsp3) is 0.259. The molecule has 7 heteroatoms. The maximum Gasteiger partial charge on any atom is 0.356 e. The van der Waals surface area contributed by atoms with Crippen molar-refractivity contribution in [1.82, 2.24) is 4.98 Å². The van der Waals surface area contributed by atoms with Crippen LogP contribution in [0.1, 0.15) is 49.2 Å². The molecule has 176 valence electrons. The molecule has 0 saturated heterocycles. The number of allylic oxidation sites excluding steroid dienone is 1. The van der Waals surface area contributed by atoms with Gasteiger partial charge in [0.2, 0.25) is 0 Å². The second kappa shape index (κ2) is 10.8. The zero-order valence-corrected chi connectivity index (χ0v) is 20.1. The molecule has 6 nitrogen and oxygen atoms in total. The van der Waals surface area contributed by atoms with E-state index >= 15 is 0 Å². The third-order valence-corrected chi connectivity index (χ3v) is 5.59. The number of aliphatic imine (C=N–C) groups is 2. The number of carbonyl (C=O) groups is 1. The average Bonchev–Trinajstić information content (AvgIpc) is 2.85. The Morgan fingerprint density at radius 3 is 2.56 bits per heavy atom. The second-order valence-electron chi connectivity index (χ2n) is 8.08. The molecule has 1 aromatic heterocycles. The van der Waals surface area contributed by atoms with Crippen LogP contribution < -0.4 is 4.74 Å². The highest BCUT2D eigenvalue weighted by molar-refractivity contribution is 6.00. The number of esters is 1. The lowest BCUT2D eigenvalue weighted by Crippen LogP contribution is -2.06. The molecule has 1 heterocycles. The number of amidine groups is 1. The van der Waals surface area contributed by atoms with Crippen LogP contribution in [0.5, 0.6) is 5.75 Å². The summed E-state index contributed by atoms with van der Waals surface area (Å²) in [4.78, 5) is 24.9. The van der Waals surface area contributed by atoms with E-state index in [1.807, 2.05) is 25.1 Å². The number of halogens is 1. The second-order valence-corrected chi connectivity index (χ2v) is 8.08. The van der Waals surface area contributed by atoms with Crippen molar-refractivity contribution < 1.29 is 18.7 Å². The number of ether oxygens (including phenoxy) is 2. The van der Waals surface area contributed by atoms with Crippen LogP contribution in [0.3, 0.4) is 0 Å². The van der Waals surface area contributed by atoms with Gasteiger partial charge in [0.1, 0.15) is 23.1 Å². The summed E-state index contributed by atoms with van der Waals surface area (Å²) < 4.78 is 24.9. The maximum absolute atomic E-state index is 14.9. The van der Waals surface area contributed by atoms with Crippen LogP contribution in [-0.4, -0.2) is 37.7 Å². The molecule has 3 aromatic rings. The number of fused-ring (bicyclic) bond motifs is 1. The topological polar surface area (TPSA) is 73.1 Å². The zero-order chi connectivity index (χ0) is 24.8. The third kappa shape index (κ3) is 5.54. The molecule has 0 fully saturated rings. The highest BCUT2D eigenvalue weighted by Gasteiger charge is 2.18. The Balaban J connectivity index is 2.08. The number of aromatic nitrogens is 1. The Hall–Kier alpha value is -3.87. The molecule has 0 amide bonds. The predicted octanol–water partition coefficient (Wildman–Crippen LogP) is 6.35. The number of carbonyl (C=O) groups excluding carboxylic acids is 1. The molecular weight excluding hydrogens is 433 g/mol. The van der Waals surface area contributed by atoms with E-state index in [2.05, 4.69) is 28.6 Å². The summed E-state index contributed by atoms with van der Waals surface area (Å²) in [5, 5.41) is 0.734. The van der Waals surface area contributed by atoms with Gasteiger partial charge in [0.15, 0.2) is 0 Å². The van der Waals surface area contributed by atoms with Crippen LogP contribution in [0, 0.1) is 5.82 Å². The molecular formula is C27H28FN3O3. The highest BCUT2D eigenvalue weighted by atomic mass is 19.1. The summed E-state index contributed by atoms with van der Waals surface area (Å²) in [6.07, 6.45) is 2.57. The van der Waals surface area contributed by atoms with Crippen molar-refractivity contribution in [1.29, 1.82) is 0 Å². The van der Waals surface area contributed by atoms with Crippen LogP contribution in [0.25, 0.3) is 22.0 Å². The Morgan fingerprint density at radius 2 is 1.91 bits per heavy atom. The lowest BCUT2D eigenvalue weighted by molar-refractivity contribution is 0.0594. The number of nitrogens with zero attached hydrogens (tertiary/aromatic N) is 3. The van der Waals surface area contributed by atoms with Gasteiger partial charge in [-0.1, -0.05) is 24.6 Å². The zero-order valence-electron chi connectivity index (χ0n) is 20.1. The van der Waals surface area contributed by atoms with Crippen LogP contribution in [-0.2, 0) is 4.74 Å². The monoisotopic (exact) mass is 461 g/mol. The Bertz CT molecular complexity index is 1300. The summed E-state index contributed by atoms with van der Waals surface area (Å²) in [6, 6.07) is 12.0. The van der Waals surface area contributed by atoms with Crippen molar-refractivity contribution in [3.8, 4) is 16.9 Å². The number of rotatable bonds is 7. The predicted molar refractivity (Wildman–Crippen MR) is 134 cm³/mol. The SMILES string of the molecule is C=N/C(C)=N\C=C(/C)CC(C)c1ccc2c(-c3ccc(OC)cc3F)cc(C(=O)OC)nc2c1. The number of benzene rings is 2. The van der Waals surface area contributed by atoms with E-state index < -0.39 is 11.8 Å². The van der Waals surface area contributed by atoms with Gasteiger partial charge in [0.05, 0.1) is 19.7 Å². The molecule has 0 aliphatic rings. The van der Waals surface area contributed by atoms with Gasteiger partial charge in [-0.25, -0.2) is 24.2 Å². The summed E-state index contributed by atoms with van der Waals surface area (Å²) >= 11 is 0. The molecule has 0 bridgehead atoms. The molecule has 2 aromatic carbocycles. The van der Waals surface area contributed by atoms with Gasteiger partial charge in [0, 0.05) is 23.2 Å². The van der Waals surface area contributed by atoms with Crippen LogP contribution in [0.4, 0.5) is 4.39 Å². The molecule has 0 saturated carbocycles. The summed E-state index contributed by atoms with van der Waals surface area (Å²) in [7, 11) is 2.77. The molecule has 1 atom stereocenters. The Morgan fingerprint density at radius 1 is 1.15 bits per heavy atom. The number of methoxy groups -OCH3 is 2. The normalized spacial score (nSPS) is 13.0. The summed E-state index contributed by atoms with van der Waals surface area (Å²) in [6.45, 7) is 9.37. The van der Waals surface area contributed by atoms with Crippen molar-refractivity contribution >= 4 is 29.4 Å². The fourth-order valence-corrected chi connectivity index (χ4v) is 3.72. The third-order valence-electron chi connectivity index (χ3n) is 5.59. The first-order chi connectivity index (χ1) is 16.3. The quantitative estimate of drug-likeness (QED) is 0.233. The highest BCUT2D eigenvalue weighted by Crippen LogP contribution is 2.34. The van der Waals surface area contributed by atoms with Crippen LogP contribution in [0.2, 0.25) is 0 Å². The van der Waals surface area contributed by atoms with Crippen molar-refractivity contribution in [3.05, 3.63) is 71.3 Å². The minimum atomic E-state index is -0.585. The molecule has 0 N–H and O–H groups in total. The van der Waals surface area contributed by atoms with Crippen molar-refractivity contribution in [3.63, 3.8) is 0 Å². The van der Waals surface area contributed by atoms with E-state index in [9.17, 15) is 9.18 Å². The van der Waals surface area contributed by atoms with E-state index in [0.717, 1.165) is 22.9 Å². The first kappa shape index (κ1) is 24.8. The van der Waals surface area contributed by atoms with Crippen molar-refractivity contribution in [2.24, 2.45) is 9.98 Å². The van der Waals surface area contributed by atoms with Crippen molar-refractivity contribution in [2.45, 2.75) is 33.1 Å². The number of pyridine rings is 1. The van der Waals surface area contributed by atoms with Crippen molar-refractivity contribution in [2.75, 3.05) is 14.2 Å². The van der Waals surface area contributed by atoms with Gasteiger partial charge in [0.25, 0.3) is 0 Å². The van der Waals surface area contributed by atoms with Gasteiger partial charge < -0.3 is 9.47 Å². The van der Waals surface area contributed by atoms with Gasteiger partial charge in [-0.05, 0) is 68.3 Å². The van der Waals surface area contributed by atoms with Gasteiger partial charge in [-0.3, -0.25) is 0 Å². The first-order valence-electron chi connectivity index (χ1n) is 10.8. The molecule has 3 rings (SSSR count). The standard InChI is InChI=1S/C27H28FN3O3/c1-16(15-30-18(3)29-4)11-17(2)19-7-9-22-23(21-10-8-20(33-5)13-24(21)28)14-26(27(32)34-6)31-25(22)12-19/h7-10,12-15,17H,4,11H2,1-3,5-6H3/b16-15+,30-18-. The van der Waals surface area contributed by atoms with E-state index in [4.69, 9.17) is 9.47 Å². The first-order valence-corrected chi connectivity index (χ1v) is 10.8. The largest absolute Gasteiger partial charge is 0.497 e. The minimum Gasteiger partial charge on any atom is -0.497 e. The number of hydrogen-bond donors (Lipinski definition) is 0. The lowest BCUT2D eigenvalue weighted by Gasteiger charge is -2.15. The fourth-order valence-electron chi connectivity index (χ4n) is 3.72. The van der Waals surface area contributed by atoms with E-state index in [-0.39, 0.29) is 11.6 Å². The van der Waals surface area contributed by atoms with Gasteiger partial charge in [-0.15, -0.1) is 0 Å². The van der Waals surface area contributed by atoms with E-state index in [1.165, 1.54) is 20.3 Å². The van der Waals surface area contributed by atoms with E-state index in [1.54, 1.807) is 31.3 Å². The molecule has 34 heavy (non-hydrogen) atoms. The maximum atomic E-state index is 14.9. The van der Waals surface area contributed by atoms with Gasteiger partial charge >= 0.3 is 5.97 Å². The van der Waals surface area contributed by atoms with E-state index in [0.29, 0.717) is 28.2 Å². The minimum absolute atomic E-state index is 0.114. The molecule has 0 aliphatic carbocycles. The van der Waals surface area contributed by atoms with Crippen LogP contribution >= 0.6 is 0 Å². The summed E-state index contributed by atoms with van der Waals surface area (Å²) in [5.41, 5.74) is 3.74. The molecule has 0 radical (unpaired) electrons. The molecule has 1 unspecified atom stereocenters. The summed E-state index contributed by atoms with van der Waals surface area (Å²) in [5.74, 6) is 0.146. The lowest BCUT2D eigenvalue weighted by atomic mass is 9.92. The average molecular weight is 462 g/mol. The smallest absolute Gasteiger partial charge is 0.356 e. The Labute approximate surface area is 198 Å². The Kier molecular flexibility index (Phi) is 7.89. The van der Waals surface area contributed by atoms with Crippen LogP contribution in [0.15, 0.2) is 64.2 Å². The number of hydrogen-bond acceptors (Lipinski definition) is 5. The molecule has 0 spiro atoms. The van der Waals surface area contributed by atoms with Gasteiger partial charge in [-0.2, -0.15) is 0 Å². The molecule has 0 aliphatic heterocycles.